The van der Waals surface area contributed by atoms with Crippen molar-refractivity contribution in [1.29, 1.82) is 0 Å². The first-order chi connectivity index (χ1) is 12.0. The fourth-order valence-electron chi connectivity index (χ4n) is 2.94. The Bertz CT molecular complexity index is 810. The highest BCUT2D eigenvalue weighted by Crippen LogP contribution is 2.36. The van der Waals surface area contributed by atoms with Crippen molar-refractivity contribution in [3.05, 3.63) is 57.4 Å². The van der Waals surface area contributed by atoms with Gasteiger partial charge >= 0.3 is 5.69 Å². The van der Waals surface area contributed by atoms with Crippen molar-refractivity contribution >= 4 is 11.4 Å². The Balaban J connectivity index is 1.88. The normalized spacial score (nSPS) is 15.4. The minimum absolute atomic E-state index is 0.108. The molecule has 6 nitrogen and oxygen atoms in total. The zero-order chi connectivity index (χ0) is 18.0. The van der Waals surface area contributed by atoms with Crippen LogP contribution in [0.2, 0.25) is 0 Å². The van der Waals surface area contributed by atoms with E-state index in [4.69, 9.17) is 9.47 Å². The number of fused-ring (bicyclic) bond motifs is 1. The standard InChI is InChI=1S/C18H19FN2O4/c1-3-24-16-8-12-7-11(2)25-17(12)9-13(16)10-20-15-6-4-5-14(19)18(15)21(22)23/h4-6,8-9,11,20H,3,7,10H2,1-2H3. The SMILES string of the molecule is CCOc1cc2c(cc1CNc1cccc(F)c1[N+](=O)[O-])OC(C)C2. The summed E-state index contributed by atoms with van der Waals surface area (Å²) >= 11 is 0. The number of benzene rings is 2. The van der Waals surface area contributed by atoms with Gasteiger partial charge in [-0.2, -0.15) is 4.39 Å². The van der Waals surface area contributed by atoms with Gasteiger partial charge in [0.05, 0.1) is 11.5 Å². The predicted molar refractivity (Wildman–Crippen MR) is 91.8 cm³/mol. The number of hydrogen-bond acceptors (Lipinski definition) is 5. The molecule has 1 N–H and O–H groups in total. The van der Waals surface area contributed by atoms with E-state index in [0.29, 0.717) is 12.4 Å². The van der Waals surface area contributed by atoms with E-state index in [1.165, 1.54) is 12.1 Å². The van der Waals surface area contributed by atoms with E-state index in [9.17, 15) is 14.5 Å². The maximum atomic E-state index is 13.7. The smallest absolute Gasteiger partial charge is 0.327 e. The van der Waals surface area contributed by atoms with Crippen molar-refractivity contribution in [1.82, 2.24) is 0 Å². The van der Waals surface area contributed by atoms with E-state index < -0.39 is 16.4 Å². The molecule has 7 heteroatoms. The number of nitro benzene ring substituents is 1. The van der Waals surface area contributed by atoms with Crippen LogP contribution in [0.25, 0.3) is 0 Å². The monoisotopic (exact) mass is 346 g/mol. The van der Waals surface area contributed by atoms with Crippen LogP contribution in [-0.4, -0.2) is 17.6 Å². The average molecular weight is 346 g/mol. The van der Waals surface area contributed by atoms with Crippen LogP contribution in [0, 0.1) is 15.9 Å². The lowest BCUT2D eigenvalue weighted by Crippen LogP contribution is -2.06. The van der Waals surface area contributed by atoms with Crippen LogP contribution in [-0.2, 0) is 13.0 Å². The number of hydrogen-bond donors (Lipinski definition) is 1. The van der Waals surface area contributed by atoms with Crippen molar-refractivity contribution < 1.29 is 18.8 Å². The molecule has 0 bridgehead atoms. The molecule has 2 aromatic rings. The molecule has 0 saturated heterocycles. The van der Waals surface area contributed by atoms with Gasteiger partial charge in [0.25, 0.3) is 0 Å². The maximum absolute atomic E-state index is 13.7. The highest BCUT2D eigenvalue weighted by atomic mass is 19.1. The van der Waals surface area contributed by atoms with Crippen LogP contribution >= 0.6 is 0 Å². The van der Waals surface area contributed by atoms with Crippen LogP contribution in [0.15, 0.2) is 30.3 Å². The van der Waals surface area contributed by atoms with Crippen LogP contribution in [0.3, 0.4) is 0 Å². The molecule has 1 atom stereocenters. The van der Waals surface area contributed by atoms with Crippen molar-refractivity contribution in [2.75, 3.05) is 11.9 Å². The van der Waals surface area contributed by atoms with Crippen LogP contribution in [0.4, 0.5) is 15.8 Å². The maximum Gasteiger partial charge on any atom is 0.327 e. The van der Waals surface area contributed by atoms with Gasteiger partial charge in [-0.05, 0) is 38.1 Å². The van der Waals surface area contributed by atoms with Gasteiger partial charge in [-0.3, -0.25) is 10.1 Å². The van der Waals surface area contributed by atoms with Gasteiger partial charge in [0.1, 0.15) is 23.3 Å². The lowest BCUT2D eigenvalue weighted by molar-refractivity contribution is -0.386. The Morgan fingerprint density at radius 3 is 2.96 bits per heavy atom. The Morgan fingerprint density at radius 2 is 2.24 bits per heavy atom. The summed E-state index contributed by atoms with van der Waals surface area (Å²) in [6, 6.07) is 7.80. The molecule has 2 aromatic carbocycles. The highest BCUT2D eigenvalue weighted by Gasteiger charge is 2.23. The Labute approximate surface area is 144 Å². The highest BCUT2D eigenvalue weighted by molar-refractivity contribution is 5.62. The summed E-state index contributed by atoms with van der Waals surface area (Å²) in [6.45, 7) is 4.64. The Hall–Kier alpha value is -2.83. The van der Waals surface area contributed by atoms with E-state index in [1.54, 1.807) is 0 Å². The zero-order valence-electron chi connectivity index (χ0n) is 14.0. The van der Waals surface area contributed by atoms with E-state index in [0.717, 1.165) is 29.4 Å². The third-order valence-corrected chi connectivity index (χ3v) is 4.02. The minimum atomic E-state index is -0.869. The van der Waals surface area contributed by atoms with Gasteiger partial charge in [-0.25, -0.2) is 0 Å². The number of nitrogens with one attached hydrogen (secondary N) is 1. The second-order valence-electron chi connectivity index (χ2n) is 5.88. The predicted octanol–water partition coefficient (Wildman–Crippen LogP) is 4.07. The molecule has 1 heterocycles. The average Bonchev–Trinajstić information content (AvgIpc) is 2.91. The van der Waals surface area contributed by atoms with Crippen molar-refractivity contribution in [3.63, 3.8) is 0 Å². The van der Waals surface area contributed by atoms with Gasteiger partial charge in [0.15, 0.2) is 0 Å². The van der Waals surface area contributed by atoms with Crippen molar-refractivity contribution in [2.45, 2.75) is 32.9 Å². The molecule has 0 amide bonds. The summed E-state index contributed by atoms with van der Waals surface area (Å²) < 4.78 is 25.2. The molecule has 0 fully saturated rings. The van der Waals surface area contributed by atoms with E-state index in [-0.39, 0.29) is 18.3 Å². The Morgan fingerprint density at radius 1 is 1.44 bits per heavy atom. The summed E-state index contributed by atoms with van der Waals surface area (Å²) in [6.07, 6.45) is 0.926. The number of nitro groups is 1. The molecule has 3 rings (SSSR count). The van der Waals surface area contributed by atoms with E-state index in [1.807, 2.05) is 26.0 Å². The second kappa shape index (κ2) is 6.96. The molecule has 0 spiro atoms. The molecule has 0 saturated carbocycles. The van der Waals surface area contributed by atoms with Gasteiger partial charge in [0, 0.05) is 24.1 Å². The minimum Gasteiger partial charge on any atom is -0.494 e. The number of halogens is 1. The van der Waals surface area contributed by atoms with Gasteiger partial charge < -0.3 is 14.8 Å². The molecule has 1 unspecified atom stereocenters. The third kappa shape index (κ3) is 3.50. The number of ether oxygens (including phenoxy) is 2. The largest absolute Gasteiger partial charge is 0.494 e. The Kier molecular flexibility index (Phi) is 4.74. The first-order valence-corrected chi connectivity index (χ1v) is 8.11. The van der Waals surface area contributed by atoms with Crippen molar-refractivity contribution in [2.24, 2.45) is 0 Å². The molecular weight excluding hydrogens is 327 g/mol. The van der Waals surface area contributed by atoms with Crippen LogP contribution < -0.4 is 14.8 Å². The summed E-state index contributed by atoms with van der Waals surface area (Å²) in [5, 5.41) is 14.0. The first-order valence-electron chi connectivity index (χ1n) is 8.11. The van der Waals surface area contributed by atoms with Crippen molar-refractivity contribution in [3.8, 4) is 11.5 Å². The molecule has 0 aliphatic carbocycles. The third-order valence-electron chi connectivity index (χ3n) is 4.02. The van der Waals surface area contributed by atoms with Crippen LogP contribution in [0.5, 0.6) is 11.5 Å². The van der Waals surface area contributed by atoms with Gasteiger partial charge in [-0.1, -0.05) is 6.07 Å². The molecule has 0 aromatic heterocycles. The summed E-state index contributed by atoms with van der Waals surface area (Å²) in [5.41, 5.74) is 1.44. The number of nitrogens with zero attached hydrogens (tertiary/aromatic N) is 1. The number of rotatable bonds is 6. The van der Waals surface area contributed by atoms with E-state index in [2.05, 4.69) is 5.32 Å². The number of anilines is 1. The van der Waals surface area contributed by atoms with Gasteiger partial charge in [-0.15, -0.1) is 0 Å². The van der Waals surface area contributed by atoms with Gasteiger partial charge in [0.2, 0.25) is 5.82 Å². The fourth-order valence-corrected chi connectivity index (χ4v) is 2.94. The molecule has 0 radical (unpaired) electrons. The molecule has 25 heavy (non-hydrogen) atoms. The summed E-state index contributed by atoms with van der Waals surface area (Å²) in [5.74, 6) is 0.623. The number of para-hydroxylation sites is 1. The topological polar surface area (TPSA) is 73.6 Å². The van der Waals surface area contributed by atoms with Crippen LogP contribution in [0.1, 0.15) is 25.0 Å². The van der Waals surface area contributed by atoms with E-state index >= 15 is 0 Å². The zero-order valence-corrected chi connectivity index (χ0v) is 14.0. The fraction of sp³-hybridized carbons (Fsp3) is 0.333. The summed E-state index contributed by atoms with van der Waals surface area (Å²) in [4.78, 5) is 10.4. The lowest BCUT2D eigenvalue weighted by atomic mass is 10.1. The molecular formula is C18H19FN2O4. The first kappa shape index (κ1) is 17.0. The molecule has 1 aliphatic rings. The molecule has 132 valence electrons. The second-order valence-corrected chi connectivity index (χ2v) is 5.88. The molecule has 1 aliphatic heterocycles. The quantitative estimate of drug-likeness (QED) is 0.630. The lowest BCUT2D eigenvalue weighted by Gasteiger charge is -2.14. The summed E-state index contributed by atoms with van der Waals surface area (Å²) in [7, 11) is 0.